The van der Waals surface area contributed by atoms with Gasteiger partial charge in [-0.2, -0.15) is 13.2 Å². The molecule has 0 saturated heterocycles. The van der Waals surface area contributed by atoms with Gasteiger partial charge in [-0.25, -0.2) is 9.97 Å². The van der Waals surface area contributed by atoms with Crippen molar-refractivity contribution in [3.8, 4) is 28.4 Å². The maximum Gasteiger partial charge on any atom is 0.435 e. The zero-order chi connectivity index (χ0) is 19.1. The van der Waals surface area contributed by atoms with E-state index in [1.54, 1.807) is 0 Å². The maximum atomic E-state index is 13.2. The average Bonchev–Trinajstić information content (AvgIpc) is 3.05. The fourth-order valence-electron chi connectivity index (χ4n) is 2.40. The molecule has 0 saturated carbocycles. The number of alkyl halides is 3. The Morgan fingerprint density at radius 1 is 1.23 bits per heavy atom. The lowest BCUT2D eigenvalue weighted by atomic mass is 10.1. The smallest absolute Gasteiger partial charge is 0.435 e. The first-order chi connectivity index (χ1) is 12.2. The zero-order valence-electron chi connectivity index (χ0n) is 12.7. The predicted molar refractivity (Wildman–Crippen MR) is 81.8 cm³/mol. The molecule has 0 bridgehead atoms. The molecule has 26 heavy (non-hydrogen) atoms. The molecule has 0 spiro atoms. The van der Waals surface area contributed by atoms with Crippen LogP contribution < -0.4 is 0 Å². The van der Waals surface area contributed by atoms with Crippen molar-refractivity contribution in [1.29, 1.82) is 0 Å². The number of phenolic OH excluding ortho intramolecular Hbond substituents is 2. The second kappa shape index (κ2) is 6.02. The van der Waals surface area contributed by atoms with Crippen LogP contribution in [0.4, 0.5) is 18.9 Å². The van der Waals surface area contributed by atoms with Crippen molar-refractivity contribution >= 4 is 5.69 Å². The number of benzene rings is 1. The molecule has 2 heterocycles. The minimum absolute atomic E-state index is 0.0125. The van der Waals surface area contributed by atoms with Gasteiger partial charge in [0, 0.05) is 17.8 Å². The molecule has 0 radical (unpaired) electrons. The summed E-state index contributed by atoms with van der Waals surface area (Å²) < 4.78 is 40.6. The lowest BCUT2D eigenvalue weighted by Crippen LogP contribution is -2.13. The van der Waals surface area contributed by atoms with Crippen LogP contribution in [-0.2, 0) is 6.18 Å². The summed E-state index contributed by atoms with van der Waals surface area (Å²) in [5.74, 6) is -1.73. The highest BCUT2D eigenvalue weighted by molar-refractivity contribution is 5.71. The minimum atomic E-state index is -4.73. The summed E-state index contributed by atoms with van der Waals surface area (Å²) >= 11 is 0. The van der Waals surface area contributed by atoms with Crippen LogP contribution in [-0.4, -0.2) is 29.7 Å². The summed E-state index contributed by atoms with van der Waals surface area (Å²) in [5.41, 5.74) is -2.29. The van der Waals surface area contributed by atoms with Crippen LogP contribution in [0.15, 0.2) is 43.0 Å². The third kappa shape index (κ3) is 2.90. The lowest BCUT2D eigenvalue weighted by molar-refractivity contribution is -0.385. The van der Waals surface area contributed by atoms with E-state index in [0.717, 1.165) is 35.3 Å². The van der Waals surface area contributed by atoms with E-state index in [1.807, 2.05) is 0 Å². The molecule has 0 unspecified atom stereocenters. The molecule has 11 heteroatoms. The second-order valence-electron chi connectivity index (χ2n) is 5.14. The Balaban J connectivity index is 2.23. The predicted octanol–water partition coefficient (Wildman–Crippen LogP) is 3.27. The molecule has 3 aromatic rings. The van der Waals surface area contributed by atoms with Crippen LogP contribution in [0.3, 0.4) is 0 Å². The maximum absolute atomic E-state index is 13.2. The number of imidazole rings is 1. The number of pyridine rings is 1. The van der Waals surface area contributed by atoms with Gasteiger partial charge < -0.3 is 10.2 Å². The quantitative estimate of drug-likeness (QED) is 0.418. The number of nitro benzene ring substituents is 1. The Hall–Kier alpha value is -3.63. The van der Waals surface area contributed by atoms with E-state index in [-0.39, 0.29) is 16.9 Å². The SMILES string of the molecule is O=[N+]([O-])c1cc(-c2cncn2-c2cccnc2C(F)(F)F)cc(O)c1O. The van der Waals surface area contributed by atoms with E-state index >= 15 is 0 Å². The largest absolute Gasteiger partial charge is 0.504 e. The number of aromatic hydroxyl groups is 2. The molecule has 0 aliphatic carbocycles. The fourth-order valence-corrected chi connectivity index (χ4v) is 2.40. The highest BCUT2D eigenvalue weighted by Crippen LogP contribution is 2.40. The van der Waals surface area contributed by atoms with Crippen molar-refractivity contribution in [3.63, 3.8) is 0 Å². The third-order valence-corrected chi connectivity index (χ3v) is 3.52. The van der Waals surface area contributed by atoms with E-state index < -0.39 is 34.0 Å². The molecular formula is C15H9F3N4O4. The summed E-state index contributed by atoms with van der Waals surface area (Å²) in [5, 5.41) is 30.2. The molecule has 2 aromatic heterocycles. The van der Waals surface area contributed by atoms with Crippen molar-refractivity contribution < 1.29 is 28.3 Å². The van der Waals surface area contributed by atoms with Gasteiger partial charge in [-0.3, -0.25) is 14.7 Å². The fraction of sp³-hybridized carbons (Fsp3) is 0.0667. The van der Waals surface area contributed by atoms with Crippen molar-refractivity contribution in [2.45, 2.75) is 6.18 Å². The monoisotopic (exact) mass is 366 g/mol. The average molecular weight is 366 g/mol. The van der Waals surface area contributed by atoms with E-state index in [9.17, 15) is 33.5 Å². The first-order valence-corrected chi connectivity index (χ1v) is 6.96. The lowest BCUT2D eigenvalue weighted by Gasteiger charge is -2.14. The van der Waals surface area contributed by atoms with Crippen LogP contribution in [0.5, 0.6) is 11.5 Å². The molecule has 0 amide bonds. The van der Waals surface area contributed by atoms with Crippen molar-refractivity contribution in [2.24, 2.45) is 0 Å². The normalized spacial score (nSPS) is 11.5. The van der Waals surface area contributed by atoms with Gasteiger partial charge >= 0.3 is 11.9 Å². The summed E-state index contributed by atoms with van der Waals surface area (Å²) in [7, 11) is 0. The molecule has 0 atom stereocenters. The Morgan fingerprint density at radius 3 is 2.62 bits per heavy atom. The Kier molecular flexibility index (Phi) is 3.98. The number of nitrogens with zero attached hydrogens (tertiary/aromatic N) is 4. The van der Waals surface area contributed by atoms with Gasteiger partial charge in [0.05, 0.1) is 28.8 Å². The number of hydrogen-bond donors (Lipinski definition) is 2. The molecule has 0 fully saturated rings. The van der Waals surface area contributed by atoms with Gasteiger partial charge in [0.15, 0.2) is 11.4 Å². The van der Waals surface area contributed by atoms with E-state index in [2.05, 4.69) is 9.97 Å². The Labute approximate surface area is 143 Å². The number of nitro groups is 1. The third-order valence-electron chi connectivity index (χ3n) is 3.52. The highest BCUT2D eigenvalue weighted by Gasteiger charge is 2.36. The molecule has 2 N–H and O–H groups in total. The number of phenols is 2. The Morgan fingerprint density at radius 2 is 1.96 bits per heavy atom. The van der Waals surface area contributed by atoms with Crippen LogP contribution in [0.2, 0.25) is 0 Å². The van der Waals surface area contributed by atoms with Gasteiger partial charge in [-0.1, -0.05) is 0 Å². The van der Waals surface area contributed by atoms with Crippen LogP contribution >= 0.6 is 0 Å². The number of hydrogen-bond acceptors (Lipinski definition) is 6. The van der Waals surface area contributed by atoms with Gasteiger partial charge in [0.1, 0.15) is 0 Å². The number of halogens is 3. The highest BCUT2D eigenvalue weighted by atomic mass is 19.4. The van der Waals surface area contributed by atoms with Crippen molar-refractivity contribution in [2.75, 3.05) is 0 Å². The number of aromatic nitrogens is 3. The summed E-state index contributed by atoms with van der Waals surface area (Å²) in [4.78, 5) is 17.2. The molecular weight excluding hydrogens is 357 g/mol. The Bertz CT molecular complexity index is 1000. The molecule has 8 nitrogen and oxygen atoms in total. The summed E-state index contributed by atoms with van der Waals surface area (Å²) in [6.45, 7) is 0. The molecule has 0 aliphatic heterocycles. The summed E-state index contributed by atoms with van der Waals surface area (Å²) in [6, 6.07) is 4.37. The minimum Gasteiger partial charge on any atom is -0.504 e. The van der Waals surface area contributed by atoms with Gasteiger partial charge in [0.25, 0.3) is 0 Å². The summed E-state index contributed by atoms with van der Waals surface area (Å²) in [6.07, 6.45) is -1.50. The second-order valence-corrected chi connectivity index (χ2v) is 5.14. The van der Waals surface area contributed by atoms with Crippen LogP contribution in [0.25, 0.3) is 16.9 Å². The molecule has 134 valence electrons. The molecule has 0 aliphatic rings. The van der Waals surface area contributed by atoms with Crippen LogP contribution in [0.1, 0.15) is 5.69 Å². The topological polar surface area (TPSA) is 114 Å². The van der Waals surface area contributed by atoms with Crippen molar-refractivity contribution in [3.05, 3.63) is 58.8 Å². The molecule has 1 aromatic carbocycles. The van der Waals surface area contributed by atoms with Gasteiger partial charge in [-0.05, 0) is 18.2 Å². The van der Waals surface area contributed by atoms with Crippen LogP contribution in [0, 0.1) is 10.1 Å². The standard InChI is InChI=1S/C15H9F3N4O4/c16-15(17,18)14-9(2-1-3-20-14)21-7-19-6-11(21)8-4-10(22(25)26)13(24)12(23)5-8/h1-7,23-24H. The van der Waals surface area contributed by atoms with E-state index in [1.165, 1.54) is 12.3 Å². The zero-order valence-corrected chi connectivity index (χ0v) is 12.7. The first-order valence-electron chi connectivity index (χ1n) is 6.96. The van der Waals surface area contributed by atoms with Crippen molar-refractivity contribution in [1.82, 2.24) is 14.5 Å². The van der Waals surface area contributed by atoms with E-state index in [0.29, 0.717) is 0 Å². The molecule has 3 rings (SSSR count). The van der Waals surface area contributed by atoms with Gasteiger partial charge in [-0.15, -0.1) is 0 Å². The first kappa shape index (κ1) is 17.2. The van der Waals surface area contributed by atoms with E-state index in [4.69, 9.17) is 0 Å². The van der Waals surface area contributed by atoms with Gasteiger partial charge in [0.2, 0.25) is 5.75 Å². The number of rotatable bonds is 3.